The minimum Gasteiger partial charge on any atom is -0.369 e. The number of likely N-dealkylation sites (tertiary alicyclic amines) is 1. The van der Waals surface area contributed by atoms with Crippen molar-refractivity contribution in [2.45, 2.75) is 25.7 Å². The molecule has 0 radical (unpaired) electrons. The van der Waals surface area contributed by atoms with Gasteiger partial charge in [0.15, 0.2) is 5.84 Å². The number of nitrogens with zero attached hydrogens (tertiary/aromatic N) is 4. The van der Waals surface area contributed by atoms with Crippen molar-refractivity contribution in [3.8, 4) is 0 Å². The van der Waals surface area contributed by atoms with Crippen LogP contribution in [0.1, 0.15) is 31.2 Å². The Morgan fingerprint density at radius 2 is 2.03 bits per heavy atom. The van der Waals surface area contributed by atoms with E-state index in [2.05, 4.69) is 36.0 Å². The van der Waals surface area contributed by atoms with Crippen LogP contribution in [0.15, 0.2) is 29.6 Å². The largest absolute Gasteiger partial charge is 0.369 e. The highest BCUT2D eigenvalue weighted by Gasteiger charge is 2.13. The van der Waals surface area contributed by atoms with E-state index in [-0.39, 0.29) is 5.84 Å². The summed E-state index contributed by atoms with van der Waals surface area (Å²) in [7, 11) is 1.50. The Labute approximate surface area is 170 Å². The highest BCUT2D eigenvalue weighted by atomic mass is 15.1. The molecule has 3 heterocycles. The molecule has 9 heteroatoms. The van der Waals surface area contributed by atoms with Gasteiger partial charge in [0.1, 0.15) is 17.8 Å². The molecule has 0 bridgehead atoms. The third-order valence-corrected chi connectivity index (χ3v) is 5.17. The Morgan fingerprint density at radius 3 is 2.79 bits per heavy atom. The van der Waals surface area contributed by atoms with E-state index in [1.54, 1.807) is 6.33 Å². The lowest BCUT2D eigenvalue weighted by Gasteiger charge is -2.26. The zero-order chi connectivity index (χ0) is 20.6. The van der Waals surface area contributed by atoms with E-state index in [0.717, 1.165) is 47.3 Å². The van der Waals surface area contributed by atoms with Crippen LogP contribution in [0.3, 0.4) is 0 Å². The Morgan fingerprint density at radius 1 is 1.24 bits per heavy atom. The minimum atomic E-state index is -0.0577. The summed E-state index contributed by atoms with van der Waals surface area (Å²) >= 11 is 0. The van der Waals surface area contributed by atoms with E-state index in [1.165, 1.54) is 39.4 Å². The molecule has 1 saturated heterocycles. The second kappa shape index (κ2) is 10.0. The van der Waals surface area contributed by atoms with E-state index in [4.69, 9.17) is 10.9 Å². The van der Waals surface area contributed by atoms with E-state index in [0.29, 0.717) is 5.56 Å². The molecule has 0 unspecified atom stereocenters. The molecule has 9 nitrogen and oxygen atoms in total. The monoisotopic (exact) mass is 395 g/mol. The maximum atomic E-state index is 7.71. The molecular formula is C20H29N9. The fraction of sp³-hybridized carbons (Fsp3) is 0.450. The number of nitrogens with two attached hydrogens (primary N) is 1. The van der Waals surface area contributed by atoms with Gasteiger partial charge in [0, 0.05) is 23.0 Å². The fourth-order valence-electron chi connectivity index (χ4n) is 3.77. The van der Waals surface area contributed by atoms with Crippen LogP contribution in [-0.2, 0) is 0 Å². The molecule has 1 fully saturated rings. The van der Waals surface area contributed by atoms with Crippen LogP contribution < -0.4 is 11.1 Å². The molecule has 0 spiro atoms. The summed E-state index contributed by atoms with van der Waals surface area (Å²) in [4.78, 5) is 14.6. The maximum absolute atomic E-state index is 7.71. The molecule has 3 aromatic rings. The summed E-state index contributed by atoms with van der Waals surface area (Å²) < 4.78 is 0. The zero-order valence-electron chi connectivity index (χ0n) is 16.8. The highest BCUT2D eigenvalue weighted by molar-refractivity contribution is 6.12. The van der Waals surface area contributed by atoms with Gasteiger partial charge in [-0.3, -0.25) is 5.41 Å². The van der Waals surface area contributed by atoms with Crippen LogP contribution in [0.25, 0.3) is 21.9 Å². The summed E-state index contributed by atoms with van der Waals surface area (Å²) in [5.74, 6) is 0.774. The molecule has 2 aromatic heterocycles. The highest BCUT2D eigenvalue weighted by Crippen LogP contribution is 2.29. The molecule has 0 atom stereocenters. The van der Waals surface area contributed by atoms with Crippen molar-refractivity contribution < 1.29 is 0 Å². The lowest BCUT2D eigenvalue weighted by atomic mass is 10.1. The maximum Gasteiger partial charge on any atom is 0.173 e. The Balaban J connectivity index is 0.00000117. The van der Waals surface area contributed by atoms with Crippen LogP contribution in [0.2, 0.25) is 0 Å². The molecule has 1 aromatic carbocycles. The molecule has 154 valence electrons. The first-order valence-corrected chi connectivity index (χ1v) is 10.0. The van der Waals surface area contributed by atoms with Gasteiger partial charge in [-0.05, 0) is 52.0 Å². The number of benzene rings is 1. The second-order valence-corrected chi connectivity index (χ2v) is 6.97. The van der Waals surface area contributed by atoms with E-state index >= 15 is 0 Å². The third-order valence-electron chi connectivity index (χ3n) is 5.17. The normalized spacial score (nSPS) is 14.4. The standard InChI is InChI=1S/C19H24N8.CH5N/c20-17(26-21)13-5-6-14-15(11-13)25-19-16(14)18(23-12-24-19)22-7-4-10-27-8-2-1-3-9-27;1-2/h5-6,11-12,20-21H,1-4,7-10H2,(H2,22,23,24,25);2H2,1H3. The van der Waals surface area contributed by atoms with Gasteiger partial charge in [-0.2, -0.15) is 0 Å². The molecule has 1 aliphatic heterocycles. The lowest BCUT2D eigenvalue weighted by Crippen LogP contribution is -2.31. The summed E-state index contributed by atoms with van der Waals surface area (Å²) in [6.45, 7) is 4.44. The smallest absolute Gasteiger partial charge is 0.173 e. The zero-order valence-corrected chi connectivity index (χ0v) is 16.8. The molecule has 6 N–H and O–H groups in total. The van der Waals surface area contributed by atoms with Crippen molar-refractivity contribution in [3.63, 3.8) is 0 Å². The number of amidine groups is 1. The van der Waals surface area contributed by atoms with Gasteiger partial charge >= 0.3 is 0 Å². The number of H-pyrrole nitrogens is 1. The van der Waals surface area contributed by atoms with Gasteiger partial charge in [0.25, 0.3) is 0 Å². The number of nitrogens with one attached hydrogen (secondary N) is 4. The molecule has 1 aliphatic rings. The average Bonchev–Trinajstić information content (AvgIpc) is 3.16. The van der Waals surface area contributed by atoms with Gasteiger partial charge in [-0.1, -0.05) is 18.6 Å². The number of piperidine rings is 1. The summed E-state index contributed by atoms with van der Waals surface area (Å²) in [6.07, 6.45) is 6.66. The van der Waals surface area contributed by atoms with Gasteiger partial charge < -0.3 is 20.9 Å². The first kappa shape index (κ1) is 20.8. The first-order valence-electron chi connectivity index (χ1n) is 10.0. The number of anilines is 1. The van der Waals surface area contributed by atoms with Crippen molar-refractivity contribution in [2.24, 2.45) is 10.8 Å². The number of aromatic nitrogens is 3. The minimum absolute atomic E-state index is 0.0577. The second-order valence-electron chi connectivity index (χ2n) is 6.97. The SMILES string of the molecule is CN.N=NC(=N)c1ccc2c(c1)[nH]c1ncnc(NCCCN3CCCCC3)c12. The number of fused-ring (bicyclic) bond motifs is 3. The molecular weight excluding hydrogens is 366 g/mol. The van der Waals surface area contributed by atoms with Gasteiger partial charge in [0.2, 0.25) is 0 Å². The topological polar surface area (TPSA) is 143 Å². The number of hydrogen-bond donors (Lipinski definition) is 5. The quantitative estimate of drug-likeness (QED) is 0.188. The summed E-state index contributed by atoms with van der Waals surface area (Å²) in [5.41, 5.74) is 13.8. The predicted octanol–water partition coefficient (Wildman–Crippen LogP) is 3.33. The van der Waals surface area contributed by atoms with Crippen LogP contribution in [0.5, 0.6) is 0 Å². The van der Waals surface area contributed by atoms with Crippen LogP contribution in [0, 0.1) is 10.9 Å². The molecule has 4 rings (SSSR count). The molecule has 0 saturated carbocycles. The Hall–Kier alpha value is -2.91. The summed E-state index contributed by atoms with van der Waals surface area (Å²) in [6, 6.07) is 5.58. The molecule has 0 amide bonds. The first-order chi connectivity index (χ1) is 14.3. The Bertz CT molecular complexity index is 973. The number of rotatable bonds is 6. The van der Waals surface area contributed by atoms with Crippen molar-refractivity contribution in [1.29, 1.82) is 10.9 Å². The van der Waals surface area contributed by atoms with Gasteiger partial charge in [-0.15, -0.1) is 5.11 Å². The van der Waals surface area contributed by atoms with Crippen LogP contribution >= 0.6 is 0 Å². The molecule has 0 aliphatic carbocycles. The van der Waals surface area contributed by atoms with Crippen LogP contribution in [-0.4, -0.2) is 58.9 Å². The summed E-state index contributed by atoms with van der Waals surface area (Å²) in [5, 5.41) is 16.4. The van der Waals surface area contributed by atoms with E-state index in [1.807, 2.05) is 18.2 Å². The van der Waals surface area contributed by atoms with Gasteiger partial charge in [0.05, 0.1) is 5.39 Å². The van der Waals surface area contributed by atoms with E-state index < -0.39 is 0 Å². The molecule has 29 heavy (non-hydrogen) atoms. The van der Waals surface area contributed by atoms with Crippen molar-refractivity contribution in [2.75, 3.05) is 38.5 Å². The van der Waals surface area contributed by atoms with Crippen molar-refractivity contribution in [3.05, 3.63) is 30.1 Å². The van der Waals surface area contributed by atoms with Crippen LogP contribution in [0.4, 0.5) is 5.82 Å². The fourth-order valence-corrected chi connectivity index (χ4v) is 3.77. The van der Waals surface area contributed by atoms with Gasteiger partial charge in [-0.25, -0.2) is 15.5 Å². The predicted molar refractivity (Wildman–Crippen MR) is 117 cm³/mol. The number of aromatic amines is 1. The Kier molecular flexibility index (Phi) is 7.20. The third kappa shape index (κ3) is 4.75. The number of hydrogen-bond acceptors (Lipinski definition) is 7. The lowest BCUT2D eigenvalue weighted by molar-refractivity contribution is 0.228. The van der Waals surface area contributed by atoms with Crippen molar-refractivity contribution in [1.82, 2.24) is 19.9 Å². The average molecular weight is 396 g/mol. The van der Waals surface area contributed by atoms with Crippen molar-refractivity contribution >= 4 is 33.6 Å². The van der Waals surface area contributed by atoms with E-state index in [9.17, 15) is 0 Å².